The smallest absolute Gasteiger partial charge is 0.0306 e. The Balaban J connectivity index is 1.88. The molecule has 0 radical (unpaired) electrons. The van der Waals surface area contributed by atoms with Crippen LogP contribution in [-0.2, 0) is 0 Å². The molecule has 88 valence electrons. The van der Waals surface area contributed by atoms with Gasteiger partial charge in [-0.2, -0.15) is 0 Å². The first kappa shape index (κ1) is 11.4. The van der Waals surface area contributed by atoms with Crippen molar-refractivity contribution in [1.82, 2.24) is 10.2 Å². The Bertz CT molecular complexity index is 229. The third-order valence-corrected chi connectivity index (χ3v) is 4.60. The Morgan fingerprint density at radius 3 is 1.93 bits per heavy atom. The summed E-state index contributed by atoms with van der Waals surface area (Å²) in [5, 5.41) is 3.55. The highest BCUT2D eigenvalue weighted by molar-refractivity contribution is 5.03. The molecule has 2 fully saturated rings. The number of likely N-dealkylation sites (tertiary alicyclic amines) is 1. The molecule has 2 saturated heterocycles. The highest BCUT2D eigenvalue weighted by Crippen LogP contribution is 2.39. The van der Waals surface area contributed by atoms with Crippen LogP contribution in [0.3, 0.4) is 0 Å². The molecular weight excluding hydrogens is 184 g/mol. The lowest BCUT2D eigenvalue weighted by Gasteiger charge is -2.57. The Morgan fingerprint density at radius 2 is 1.60 bits per heavy atom. The van der Waals surface area contributed by atoms with E-state index in [2.05, 4.69) is 44.8 Å². The van der Waals surface area contributed by atoms with Crippen molar-refractivity contribution in [1.29, 1.82) is 0 Å². The van der Waals surface area contributed by atoms with Gasteiger partial charge >= 0.3 is 0 Å². The van der Waals surface area contributed by atoms with Crippen LogP contribution in [0.1, 0.15) is 41.0 Å². The third-order valence-electron chi connectivity index (χ3n) is 4.60. The lowest BCUT2D eigenvalue weighted by Crippen LogP contribution is -2.69. The molecule has 0 amide bonds. The van der Waals surface area contributed by atoms with Gasteiger partial charge < -0.3 is 5.32 Å². The molecular formula is C13H26N2. The van der Waals surface area contributed by atoms with E-state index in [0.717, 1.165) is 12.0 Å². The number of nitrogens with one attached hydrogen (secondary N) is 1. The number of rotatable bonds is 2. The van der Waals surface area contributed by atoms with Gasteiger partial charge in [0.15, 0.2) is 0 Å². The Labute approximate surface area is 94.4 Å². The summed E-state index contributed by atoms with van der Waals surface area (Å²) in [5.41, 5.74) is 0.847. The van der Waals surface area contributed by atoms with Gasteiger partial charge in [-0.05, 0) is 38.1 Å². The monoisotopic (exact) mass is 210 g/mol. The predicted octanol–water partition coefficient (Wildman–Crippen LogP) is 2.10. The lowest BCUT2D eigenvalue weighted by molar-refractivity contribution is -0.0659. The quantitative estimate of drug-likeness (QED) is 0.751. The summed E-state index contributed by atoms with van der Waals surface area (Å²) in [7, 11) is 0. The average molecular weight is 210 g/mol. The van der Waals surface area contributed by atoms with E-state index in [1.165, 1.54) is 26.1 Å². The van der Waals surface area contributed by atoms with Crippen molar-refractivity contribution in [2.45, 2.75) is 52.6 Å². The van der Waals surface area contributed by atoms with Crippen LogP contribution in [0.15, 0.2) is 0 Å². The molecule has 2 aliphatic heterocycles. The molecule has 15 heavy (non-hydrogen) atoms. The zero-order valence-corrected chi connectivity index (χ0v) is 10.9. The minimum Gasteiger partial charge on any atom is -0.312 e. The van der Waals surface area contributed by atoms with Crippen molar-refractivity contribution in [3.8, 4) is 0 Å². The molecule has 0 saturated carbocycles. The van der Waals surface area contributed by atoms with Crippen LogP contribution in [0.2, 0.25) is 0 Å². The van der Waals surface area contributed by atoms with Crippen LogP contribution in [0.4, 0.5) is 0 Å². The van der Waals surface area contributed by atoms with Gasteiger partial charge in [0.2, 0.25) is 0 Å². The zero-order valence-electron chi connectivity index (χ0n) is 10.9. The Kier molecular flexibility index (Phi) is 2.63. The molecule has 0 aromatic carbocycles. The predicted molar refractivity (Wildman–Crippen MR) is 65.0 cm³/mol. The molecule has 0 aliphatic carbocycles. The summed E-state index contributed by atoms with van der Waals surface area (Å²) in [6.07, 6.45) is 1.35. The average Bonchev–Trinajstić information content (AvgIpc) is 1.69. The molecule has 0 spiro atoms. The van der Waals surface area contributed by atoms with Gasteiger partial charge in [0.05, 0.1) is 0 Å². The fourth-order valence-electron chi connectivity index (χ4n) is 2.61. The van der Waals surface area contributed by atoms with E-state index >= 15 is 0 Å². The van der Waals surface area contributed by atoms with E-state index in [9.17, 15) is 0 Å². The summed E-state index contributed by atoms with van der Waals surface area (Å²) in [6.45, 7) is 15.7. The molecule has 0 aromatic rings. The van der Waals surface area contributed by atoms with Gasteiger partial charge in [0.1, 0.15) is 0 Å². The summed E-state index contributed by atoms with van der Waals surface area (Å²) >= 11 is 0. The van der Waals surface area contributed by atoms with Gasteiger partial charge in [-0.3, -0.25) is 4.90 Å². The van der Waals surface area contributed by atoms with E-state index in [0.29, 0.717) is 11.0 Å². The number of hydrogen-bond acceptors (Lipinski definition) is 2. The maximum Gasteiger partial charge on any atom is 0.0306 e. The highest BCUT2D eigenvalue weighted by Gasteiger charge is 2.46. The fraction of sp³-hybridized carbons (Fsp3) is 1.00. The standard InChI is InChI=1S/C13H26N2/c1-12(2,3)10-8-15(9-10)13(4,5)11-6-7-14-11/h10-11,14H,6-9H2,1-5H3. The minimum absolute atomic E-state index is 0.361. The largest absolute Gasteiger partial charge is 0.312 e. The maximum absolute atomic E-state index is 3.55. The molecule has 2 heterocycles. The van der Waals surface area contributed by atoms with Gasteiger partial charge in [-0.15, -0.1) is 0 Å². The molecule has 1 N–H and O–H groups in total. The van der Waals surface area contributed by atoms with E-state index in [1.807, 2.05) is 0 Å². The second-order valence-electron chi connectivity index (χ2n) is 6.92. The Morgan fingerprint density at radius 1 is 1.07 bits per heavy atom. The van der Waals surface area contributed by atoms with Crippen LogP contribution in [0.5, 0.6) is 0 Å². The summed E-state index contributed by atoms with van der Waals surface area (Å²) in [6, 6.07) is 0.721. The second kappa shape index (κ2) is 3.46. The van der Waals surface area contributed by atoms with Gasteiger partial charge in [0.25, 0.3) is 0 Å². The van der Waals surface area contributed by atoms with Crippen molar-refractivity contribution < 1.29 is 0 Å². The van der Waals surface area contributed by atoms with Crippen molar-refractivity contribution in [3.05, 3.63) is 0 Å². The van der Waals surface area contributed by atoms with Gasteiger partial charge in [-0.25, -0.2) is 0 Å². The van der Waals surface area contributed by atoms with E-state index in [-0.39, 0.29) is 0 Å². The zero-order chi connectivity index (χ0) is 11.3. The molecule has 2 nitrogen and oxygen atoms in total. The van der Waals surface area contributed by atoms with E-state index in [1.54, 1.807) is 0 Å². The van der Waals surface area contributed by atoms with Crippen molar-refractivity contribution in [3.63, 3.8) is 0 Å². The van der Waals surface area contributed by atoms with Crippen LogP contribution in [-0.4, -0.2) is 36.1 Å². The number of hydrogen-bond donors (Lipinski definition) is 1. The van der Waals surface area contributed by atoms with Crippen LogP contribution < -0.4 is 5.32 Å². The summed E-state index contributed by atoms with van der Waals surface area (Å²) in [5.74, 6) is 0.886. The number of nitrogens with zero attached hydrogens (tertiary/aromatic N) is 1. The normalized spacial score (nSPS) is 29.8. The first-order valence-electron chi connectivity index (χ1n) is 6.30. The topological polar surface area (TPSA) is 15.3 Å². The van der Waals surface area contributed by atoms with Gasteiger partial charge in [0, 0.05) is 24.7 Å². The van der Waals surface area contributed by atoms with Crippen LogP contribution in [0, 0.1) is 11.3 Å². The SMILES string of the molecule is CC(C)(C)C1CN(C(C)(C)C2CCN2)C1. The molecule has 0 aromatic heterocycles. The first-order chi connectivity index (χ1) is 6.82. The molecule has 2 rings (SSSR count). The molecule has 0 bridgehead atoms. The fourth-order valence-corrected chi connectivity index (χ4v) is 2.61. The molecule has 1 unspecified atom stereocenters. The van der Waals surface area contributed by atoms with E-state index < -0.39 is 0 Å². The maximum atomic E-state index is 3.55. The lowest BCUT2D eigenvalue weighted by atomic mass is 9.72. The van der Waals surface area contributed by atoms with Gasteiger partial charge in [-0.1, -0.05) is 20.8 Å². The molecule has 2 aliphatic rings. The van der Waals surface area contributed by atoms with Crippen LogP contribution >= 0.6 is 0 Å². The van der Waals surface area contributed by atoms with Crippen LogP contribution in [0.25, 0.3) is 0 Å². The Hall–Kier alpha value is -0.0800. The van der Waals surface area contributed by atoms with Crippen molar-refractivity contribution in [2.24, 2.45) is 11.3 Å². The summed E-state index contributed by atoms with van der Waals surface area (Å²) < 4.78 is 0. The highest BCUT2D eigenvalue weighted by atomic mass is 15.3. The van der Waals surface area contributed by atoms with Crippen molar-refractivity contribution in [2.75, 3.05) is 19.6 Å². The summed E-state index contributed by atoms with van der Waals surface area (Å²) in [4.78, 5) is 2.65. The first-order valence-corrected chi connectivity index (χ1v) is 6.30. The van der Waals surface area contributed by atoms with E-state index in [4.69, 9.17) is 0 Å². The molecule has 1 atom stereocenters. The third kappa shape index (κ3) is 1.94. The second-order valence-corrected chi connectivity index (χ2v) is 6.92. The minimum atomic E-state index is 0.361. The van der Waals surface area contributed by atoms with Crippen molar-refractivity contribution >= 4 is 0 Å². The molecule has 2 heteroatoms.